The fraction of sp³-hybridized carbons (Fsp3) is 0.500. The second kappa shape index (κ2) is 14.6. The average molecular weight is 392 g/mol. The summed E-state index contributed by atoms with van der Waals surface area (Å²) in [4.78, 5) is 12.3. The third-order valence-corrected chi connectivity index (χ3v) is 3.71. The predicted molar refractivity (Wildman–Crippen MR) is 110 cm³/mol. The lowest BCUT2D eigenvalue weighted by Gasteiger charge is -1.92. The number of aryl methyl sites for hydroxylation is 6. The molecule has 156 valence electrons. The van der Waals surface area contributed by atoms with E-state index in [1.165, 1.54) is 0 Å². The van der Waals surface area contributed by atoms with Crippen LogP contribution >= 0.6 is 0 Å². The van der Waals surface area contributed by atoms with E-state index in [2.05, 4.69) is 35.7 Å². The lowest BCUT2D eigenvalue weighted by Crippen LogP contribution is -2.07. The second-order valence-corrected chi connectivity index (χ2v) is 5.77. The molecule has 10 heteroatoms. The maximum atomic E-state index is 7.17. The van der Waals surface area contributed by atoms with Gasteiger partial charge in [0.25, 0.3) is 0 Å². The van der Waals surface area contributed by atoms with Crippen LogP contribution in [0.2, 0.25) is 0 Å². The molecule has 0 bridgehead atoms. The first-order chi connectivity index (χ1) is 13.3. The molecule has 3 aromatic heterocycles. The highest BCUT2D eigenvalue weighted by molar-refractivity contribution is 6.30. The summed E-state index contributed by atoms with van der Waals surface area (Å²) >= 11 is 0. The van der Waals surface area contributed by atoms with Gasteiger partial charge in [0.2, 0.25) is 0 Å². The van der Waals surface area contributed by atoms with Gasteiger partial charge < -0.3 is 28.8 Å². The van der Waals surface area contributed by atoms with Gasteiger partial charge in [0, 0.05) is 77.6 Å². The maximum Gasteiger partial charge on any atom is 0.631 e. The molecule has 0 fully saturated rings. The fourth-order valence-electron chi connectivity index (χ4n) is 2.21. The quantitative estimate of drug-likeness (QED) is 0.571. The standard InChI is InChI=1S/3C6H10N2.BH3O3/c3*1-3-6-7-4-5-8(6)2;2-1(3)4/h3*4-5H,3H2,1-2H3;2-4H. The van der Waals surface area contributed by atoms with Crippen molar-refractivity contribution in [2.45, 2.75) is 40.0 Å². The average Bonchev–Trinajstić information content (AvgIpc) is 3.36. The summed E-state index contributed by atoms with van der Waals surface area (Å²) < 4.78 is 6.08. The first-order valence-electron chi connectivity index (χ1n) is 9.19. The van der Waals surface area contributed by atoms with Gasteiger partial charge in [-0.05, 0) is 0 Å². The Labute approximate surface area is 167 Å². The van der Waals surface area contributed by atoms with Crippen LogP contribution < -0.4 is 0 Å². The van der Waals surface area contributed by atoms with Crippen LogP contribution in [0.3, 0.4) is 0 Å². The number of aromatic nitrogens is 6. The number of rotatable bonds is 3. The van der Waals surface area contributed by atoms with Crippen LogP contribution in [0.25, 0.3) is 0 Å². The van der Waals surface area contributed by atoms with Crippen molar-refractivity contribution >= 4 is 7.32 Å². The van der Waals surface area contributed by atoms with Crippen LogP contribution in [0.5, 0.6) is 0 Å². The van der Waals surface area contributed by atoms with Crippen molar-refractivity contribution in [3.8, 4) is 0 Å². The second-order valence-electron chi connectivity index (χ2n) is 5.77. The molecule has 0 saturated carbocycles. The van der Waals surface area contributed by atoms with Gasteiger partial charge in [-0.2, -0.15) is 0 Å². The Balaban J connectivity index is 0.000000358. The Morgan fingerprint density at radius 2 is 0.857 bits per heavy atom. The van der Waals surface area contributed by atoms with Gasteiger partial charge in [0.05, 0.1) is 0 Å². The summed E-state index contributed by atoms with van der Waals surface area (Å²) in [6.07, 6.45) is 14.4. The van der Waals surface area contributed by atoms with E-state index in [-0.39, 0.29) is 0 Å². The zero-order chi connectivity index (χ0) is 21.5. The first kappa shape index (κ1) is 25.6. The van der Waals surface area contributed by atoms with Crippen LogP contribution in [0.15, 0.2) is 37.2 Å². The number of hydrogen-bond donors (Lipinski definition) is 3. The van der Waals surface area contributed by atoms with E-state index in [0.717, 1.165) is 36.7 Å². The van der Waals surface area contributed by atoms with Crippen LogP contribution in [-0.4, -0.2) is 51.0 Å². The van der Waals surface area contributed by atoms with Crippen molar-refractivity contribution in [2.75, 3.05) is 0 Å². The van der Waals surface area contributed by atoms with E-state index < -0.39 is 7.32 Å². The highest BCUT2D eigenvalue weighted by atomic mass is 16.5. The van der Waals surface area contributed by atoms with Crippen LogP contribution in [0.4, 0.5) is 0 Å². The lowest BCUT2D eigenvalue weighted by atomic mass is 10.3. The topological polar surface area (TPSA) is 114 Å². The van der Waals surface area contributed by atoms with Crippen molar-refractivity contribution < 1.29 is 15.1 Å². The van der Waals surface area contributed by atoms with Gasteiger partial charge in [-0.25, -0.2) is 15.0 Å². The van der Waals surface area contributed by atoms with E-state index >= 15 is 0 Å². The van der Waals surface area contributed by atoms with E-state index in [1.807, 2.05) is 72.0 Å². The Kier molecular flexibility index (Phi) is 13.3. The summed E-state index contributed by atoms with van der Waals surface area (Å²) in [7, 11) is 3.85. The minimum absolute atomic E-state index is 1.02. The summed E-state index contributed by atoms with van der Waals surface area (Å²) in [5.74, 6) is 3.43. The van der Waals surface area contributed by atoms with Gasteiger partial charge in [0.15, 0.2) is 0 Å². The molecule has 0 unspecified atom stereocenters. The molecule has 0 aromatic carbocycles. The molecule has 0 aliphatic rings. The van der Waals surface area contributed by atoms with Crippen molar-refractivity contribution in [3.05, 3.63) is 54.7 Å². The highest BCUT2D eigenvalue weighted by Crippen LogP contribution is 1.93. The number of hydrogen-bond acceptors (Lipinski definition) is 6. The molecule has 0 aliphatic heterocycles. The minimum atomic E-state index is -2.17. The Hall–Kier alpha value is -2.43. The summed E-state index contributed by atoms with van der Waals surface area (Å²) in [6.45, 7) is 6.30. The molecule has 3 N–H and O–H groups in total. The molecule has 0 radical (unpaired) electrons. The third kappa shape index (κ3) is 10.7. The molecule has 3 aromatic rings. The van der Waals surface area contributed by atoms with Crippen molar-refractivity contribution in [1.29, 1.82) is 0 Å². The van der Waals surface area contributed by atoms with Gasteiger partial charge in [-0.1, -0.05) is 20.8 Å². The van der Waals surface area contributed by atoms with Gasteiger partial charge >= 0.3 is 7.32 Å². The molecule has 9 nitrogen and oxygen atoms in total. The molecule has 0 aliphatic carbocycles. The van der Waals surface area contributed by atoms with Gasteiger partial charge in [-0.3, -0.25) is 0 Å². The molecular weight excluding hydrogens is 359 g/mol. The normalized spacial score (nSPS) is 9.32. The van der Waals surface area contributed by atoms with E-state index in [4.69, 9.17) is 15.1 Å². The Bertz CT molecular complexity index is 655. The predicted octanol–water partition coefficient (Wildman–Crippen LogP) is 0.896. The summed E-state index contributed by atoms with van der Waals surface area (Å²) in [5, 5.41) is 21.5. The largest absolute Gasteiger partial charge is 0.631 e. The molecule has 28 heavy (non-hydrogen) atoms. The van der Waals surface area contributed by atoms with E-state index in [9.17, 15) is 0 Å². The molecular formula is C18H33BN6O3. The minimum Gasteiger partial charge on any atom is -0.402 e. The first-order valence-corrected chi connectivity index (χ1v) is 9.19. The van der Waals surface area contributed by atoms with Gasteiger partial charge in [0.1, 0.15) is 17.5 Å². The third-order valence-electron chi connectivity index (χ3n) is 3.71. The number of imidazole rings is 3. The summed E-state index contributed by atoms with van der Waals surface area (Å²) in [5.41, 5.74) is 0. The van der Waals surface area contributed by atoms with Crippen molar-refractivity contribution in [3.63, 3.8) is 0 Å². The lowest BCUT2D eigenvalue weighted by molar-refractivity contribution is 0.278. The zero-order valence-electron chi connectivity index (χ0n) is 17.7. The van der Waals surface area contributed by atoms with Gasteiger partial charge in [-0.15, -0.1) is 0 Å². The molecule has 0 amide bonds. The molecule has 0 saturated heterocycles. The smallest absolute Gasteiger partial charge is 0.402 e. The molecule has 3 heterocycles. The zero-order valence-corrected chi connectivity index (χ0v) is 17.7. The SMILES string of the molecule is CCc1nccn1C.CCc1nccn1C.CCc1nccn1C.OB(O)O. The molecule has 3 rings (SSSR count). The van der Waals surface area contributed by atoms with Crippen molar-refractivity contribution in [2.24, 2.45) is 21.1 Å². The fourth-order valence-corrected chi connectivity index (χ4v) is 2.21. The monoisotopic (exact) mass is 392 g/mol. The van der Waals surface area contributed by atoms with Crippen LogP contribution in [0.1, 0.15) is 38.2 Å². The van der Waals surface area contributed by atoms with Crippen molar-refractivity contribution in [1.82, 2.24) is 28.7 Å². The van der Waals surface area contributed by atoms with E-state index in [0.29, 0.717) is 0 Å². The molecule has 0 atom stereocenters. The number of nitrogens with zero attached hydrogens (tertiary/aromatic N) is 6. The Morgan fingerprint density at radius 1 is 0.643 bits per heavy atom. The maximum absolute atomic E-state index is 7.17. The van der Waals surface area contributed by atoms with Crippen LogP contribution in [0, 0.1) is 0 Å². The molecule has 0 spiro atoms. The van der Waals surface area contributed by atoms with E-state index in [1.54, 1.807) is 0 Å². The Morgan fingerprint density at radius 3 is 0.929 bits per heavy atom. The van der Waals surface area contributed by atoms with Crippen LogP contribution in [-0.2, 0) is 40.4 Å². The highest BCUT2D eigenvalue weighted by Gasteiger charge is 1.93. The summed E-state index contributed by atoms with van der Waals surface area (Å²) in [6, 6.07) is 0.